The van der Waals surface area contributed by atoms with E-state index in [-0.39, 0.29) is 22.6 Å². The molecule has 1 atom stereocenters. The molecule has 3 amide bonds. The second-order valence-electron chi connectivity index (χ2n) is 5.57. The van der Waals surface area contributed by atoms with Gasteiger partial charge in [-0.3, -0.25) is 19.3 Å². The molecule has 0 aromatic heterocycles. The molecule has 8 heteroatoms. The molecule has 1 aliphatic heterocycles. The molecule has 0 spiro atoms. The molecular formula is C18H14F2N2O4. The van der Waals surface area contributed by atoms with Crippen molar-refractivity contribution >= 4 is 23.4 Å². The number of halogens is 2. The molecule has 134 valence electrons. The predicted octanol–water partition coefficient (Wildman–Crippen LogP) is 2.91. The summed E-state index contributed by atoms with van der Waals surface area (Å²) in [6, 6.07) is 10.8. The van der Waals surface area contributed by atoms with Gasteiger partial charge >= 0.3 is 6.61 Å². The maximum Gasteiger partial charge on any atom is 0.387 e. The Bertz CT molecular complexity index is 850. The van der Waals surface area contributed by atoms with Crippen molar-refractivity contribution < 1.29 is 27.9 Å². The molecule has 0 radical (unpaired) electrons. The van der Waals surface area contributed by atoms with Gasteiger partial charge in [-0.2, -0.15) is 8.78 Å². The highest BCUT2D eigenvalue weighted by Gasteiger charge is 2.40. The summed E-state index contributed by atoms with van der Waals surface area (Å²) < 4.78 is 29.3. The number of alkyl halides is 2. The van der Waals surface area contributed by atoms with E-state index >= 15 is 0 Å². The number of para-hydroxylation sites is 2. The molecule has 1 heterocycles. The molecule has 0 aliphatic carbocycles. The summed E-state index contributed by atoms with van der Waals surface area (Å²) in [6.45, 7) is -1.67. The van der Waals surface area contributed by atoms with E-state index < -0.39 is 30.4 Å². The summed E-state index contributed by atoms with van der Waals surface area (Å²) in [5, 5.41) is 2.42. The fraction of sp³-hybridized carbons (Fsp3) is 0.167. The van der Waals surface area contributed by atoms with Gasteiger partial charge in [-0.25, -0.2) is 0 Å². The van der Waals surface area contributed by atoms with Crippen LogP contribution in [0.1, 0.15) is 27.6 Å². The zero-order valence-corrected chi connectivity index (χ0v) is 13.6. The van der Waals surface area contributed by atoms with Gasteiger partial charge < -0.3 is 10.1 Å². The number of carbonyl (C=O) groups excluding carboxylic acids is 3. The fourth-order valence-electron chi connectivity index (χ4n) is 2.68. The quantitative estimate of drug-likeness (QED) is 0.832. The standard InChI is InChI=1S/C18H14F2N2O4/c1-10(22-16(24)11-6-2-3-7-12(11)17(22)25)15(23)21-13-8-4-5-9-14(13)26-18(19)20/h2-10,18H,1H3,(H,21,23)/t10-/m1/s1. The number of rotatable bonds is 5. The lowest BCUT2D eigenvalue weighted by Crippen LogP contribution is -2.45. The summed E-state index contributed by atoms with van der Waals surface area (Å²) in [4.78, 5) is 38.2. The van der Waals surface area contributed by atoms with Gasteiger partial charge in [0.05, 0.1) is 16.8 Å². The summed E-state index contributed by atoms with van der Waals surface area (Å²) in [6.07, 6.45) is 0. The zero-order valence-electron chi connectivity index (χ0n) is 13.6. The van der Waals surface area contributed by atoms with Crippen LogP contribution in [0.25, 0.3) is 0 Å². The number of carbonyl (C=O) groups is 3. The van der Waals surface area contributed by atoms with Gasteiger partial charge in [0, 0.05) is 0 Å². The van der Waals surface area contributed by atoms with Crippen LogP contribution in [0.2, 0.25) is 0 Å². The van der Waals surface area contributed by atoms with E-state index in [1.54, 1.807) is 12.1 Å². The highest BCUT2D eigenvalue weighted by atomic mass is 19.3. The van der Waals surface area contributed by atoms with Crippen molar-refractivity contribution in [3.63, 3.8) is 0 Å². The first-order valence-electron chi connectivity index (χ1n) is 7.71. The topological polar surface area (TPSA) is 75.7 Å². The van der Waals surface area contributed by atoms with Crippen LogP contribution in [0.4, 0.5) is 14.5 Å². The Balaban J connectivity index is 1.80. The van der Waals surface area contributed by atoms with E-state index in [9.17, 15) is 23.2 Å². The molecule has 2 aromatic rings. The van der Waals surface area contributed by atoms with Gasteiger partial charge in [0.1, 0.15) is 11.8 Å². The Kier molecular flexibility index (Phi) is 4.66. The molecule has 0 unspecified atom stereocenters. The number of nitrogens with zero attached hydrogens (tertiary/aromatic N) is 1. The van der Waals surface area contributed by atoms with E-state index in [2.05, 4.69) is 10.1 Å². The molecule has 2 aromatic carbocycles. The zero-order chi connectivity index (χ0) is 18.8. The number of imide groups is 1. The number of hydrogen-bond donors (Lipinski definition) is 1. The van der Waals surface area contributed by atoms with Gasteiger partial charge in [0.15, 0.2) is 0 Å². The number of anilines is 1. The van der Waals surface area contributed by atoms with E-state index in [1.165, 1.54) is 43.3 Å². The minimum atomic E-state index is -3.05. The monoisotopic (exact) mass is 360 g/mol. The number of fused-ring (bicyclic) bond motifs is 1. The van der Waals surface area contributed by atoms with Crippen LogP contribution in [0.15, 0.2) is 48.5 Å². The van der Waals surface area contributed by atoms with Crippen molar-refractivity contribution in [1.29, 1.82) is 0 Å². The van der Waals surface area contributed by atoms with Crippen LogP contribution in [-0.4, -0.2) is 35.3 Å². The molecule has 0 bridgehead atoms. The molecule has 1 aliphatic rings. The number of hydrogen-bond acceptors (Lipinski definition) is 4. The van der Waals surface area contributed by atoms with Gasteiger partial charge in [-0.05, 0) is 31.2 Å². The number of amides is 3. The summed E-state index contributed by atoms with van der Waals surface area (Å²) in [7, 11) is 0. The van der Waals surface area contributed by atoms with Gasteiger partial charge in [0.2, 0.25) is 5.91 Å². The van der Waals surface area contributed by atoms with Crippen LogP contribution >= 0.6 is 0 Å². The summed E-state index contributed by atoms with van der Waals surface area (Å²) in [5.41, 5.74) is 0.457. The molecule has 1 N–H and O–H groups in total. The van der Waals surface area contributed by atoms with E-state index in [1.807, 2.05) is 0 Å². The molecule has 26 heavy (non-hydrogen) atoms. The highest BCUT2D eigenvalue weighted by molar-refractivity contribution is 6.23. The van der Waals surface area contributed by atoms with Crippen LogP contribution < -0.4 is 10.1 Å². The third-order valence-corrected chi connectivity index (χ3v) is 3.95. The van der Waals surface area contributed by atoms with Crippen molar-refractivity contribution in [2.75, 3.05) is 5.32 Å². The van der Waals surface area contributed by atoms with Crippen molar-refractivity contribution in [3.8, 4) is 5.75 Å². The number of nitrogens with one attached hydrogen (secondary N) is 1. The van der Waals surface area contributed by atoms with Gasteiger partial charge in [-0.1, -0.05) is 24.3 Å². The highest BCUT2D eigenvalue weighted by Crippen LogP contribution is 2.28. The maximum atomic E-state index is 12.5. The van der Waals surface area contributed by atoms with Crippen LogP contribution in [0, 0.1) is 0 Å². The lowest BCUT2D eigenvalue weighted by atomic mass is 10.1. The fourth-order valence-corrected chi connectivity index (χ4v) is 2.68. The van der Waals surface area contributed by atoms with E-state index in [0.29, 0.717) is 0 Å². The maximum absolute atomic E-state index is 12.5. The number of ether oxygens (including phenoxy) is 1. The Hall–Kier alpha value is -3.29. The second-order valence-corrected chi connectivity index (χ2v) is 5.57. The minimum Gasteiger partial charge on any atom is -0.433 e. The molecule has 0 saturated carbocycles. The SMILES string of the molecule is C[C@H](C(=O)Nc1ccccc1OC(F)F)N1C(=O)c2ccccc2C1=O. The largest absolute Gasteiger partial charge is 0.433 e. The van der Waals surface area contributed by atoms with Crippen molar-refractivity contribution in [2.45, 2.75) is 19.6 Å². The van der Waals surface area contributed by atoms with E-state index in [4.69, 9.17) is 0 Å². The average molecular weight is 360 g/mol. The van der Waals surface area contributed by atoms with Gasteiger partial charge in [-0.15, -0.1) is 0 Å². The third kappa shape index (κ3) is 3.13. The lowest BCUT2D eigenvalue weighted by molar-refractivity contribution is -0.119. The predicted molar refractivity (Wildman–Crippen MR) is 88.1 cm³/mol. The first kappa shape index (κ1) is 17.5. The molecule has 6 nitrogen and oxygen atoms in total. The van der Waals surface area contributed by atoms with Crippen molar-refractivity contribution in [3.05, 3.63) is 59.7 Å². The minimum absolute atomic E-state index is 0.0151. The van der Waals surface area contributed by atoms with Crippen molar-refractivity contribution in [1.82, 2.24) is 4.90 Å². The first-order valence-corrected chi connectivity index (χ1v) is 7.71. The van der Waals surface area contributed by atoms with Crippen LogP contribution in [0.3, 0.4) is 0 Å². The summed E-state index contributed by atoms with van der Waals surface area (Å²) in [5.74, 6) is -2.08. The third-order valence-electron chi connectivity index (χ3n) is 3.95. The molecule has 0 saturated heterocycles. The average Bonchev–Trinajstić information content (AvgIpc) is 2.87. The summed E-state index contributed by atoms with van der Waals surface area (Å²) >= 11 is 0. The number of benzene rings is 2. The smallest absolute Gasteiger partial charge is 0.387 e. The van der Waals surface area contributed by atoms with E-state index in [0.717, 1.165) is 4.90 Å². The van der Waals surface area contributed by atoms with Crippen LogP contribution in [0.5, 0.6) is 5.75 Å². The Labute approximate surface area is 147 Å². The van der Waals surface area contributed by atoms with Crippen molar-refractivity contribution in [2.24, 2.45) is 0 Å². The normalized spacial score (nSPS) is 14.4. The Morgan fingerprint density at radius 2 is 1.54 bits per heavy atom. The Morgan fingerprint density at radius 1 is 1.00 bits per heavy atom. The van der Waals surface area contributed by atoms with Gasteiger partial charge in [0.25, 0.3) is 11.8 Å². The Morgan fingerprint density at radius 3 is 2.12 bits per heavy atom. The lowest BCUT2D eigenvalue weighted by Gasteiger charge is -2.22. The van der Waals surface area contributed by atoms with Crippen LogP contribution in [-0.2, 0) is 4.79 Å². The molecule has 0 fully saturated rings. The second kappa shape index (κ2) is 6.91. The molecular weight excluding hydrogens is 346 g/mol. The first-order chi connectivity index (χ1) is 12.4. The molecule has 3 rings (SSSR count).